The van der Waals surface area contributed by atoms with E-state index in [0.717, 1.165) is 24.2 Å². The van der Waals surface area contributed by atoms with Crippen molar-refractivity contribution in [2.45, 2.75) is 18.9 Å². The molecule has 2 heterocycles. The predicted octanol–water partition coefficient (Wildman–Crippen LogP) is 1.72. The summed E-state index contributed by atoms with van der Waals surface area (Å²) in [5.74, 6) is 0.827. The lowest BCUT2D eigenvalue weighted by Crippen LogP contribution is -2.18. The summed E-state index contributed by atoms with van der Waals surface area (Å²) in [7, 11) is 5.58. The van der Waals surface area contributed by atoms with Gasteiger partial charge in [-0.25, -0.2) is 0 Å². The molecule has 0 aliphatic heterocycles. The van der Waals surface area contributed by atoms with Crippen LogP contribution in [0.3, 0.4) is 0 Å². The SMILES string of the molecule is CNC(CCc1cnn(C)c1)c1ccncc1OC. The highest BCUT2D eigenvalue weighted by molar-refractivity contribution is 5.32. The molecule has 1 N–H and O–H groups in total. The topological polar surface area (TPSA) is 52.0 Å². The summed E-state index contributed by atoms with van der Waals surface area (Å²) >= 11 is 0. The lowest BCUT2D eigenvalue weighted by Gasteiger charge is -2.18. The summed E-state index contributed by atoms with van der Waals surface area (Å²) < 4.78 is 7.20. The molecule has 0 fully saturated rings. The minimum atomic E-state index is 0.248. The van der Waals surface area contributed by atoms with E-state index >= 15 is 0 Å². The van der Waals surface area contributed by atoms with Crippen LogP contribution in [0.1, 0.15) is 23.6 Å². The van der Waals surface area contributed by atoms with E-state index in [9.17, 15) is 0 Å². The van der Waals surface area contributed by atoms with E-state index < -0.39 is 0 Å². The van der Waals surface area contributed by atoms with E-state index in [4.69, 9.17) is 4.74 Å². The molecular weight excluding hydrogens is 240 g/mol. The van der Waals surface area contributed by atoms with Crippen LogP contribution >= 0.6 is 0 Å². The molecule has 0 radical (unpaired) electrons. The average molecular weight is 260 g/mol. The van der Waals surface area contributed by atoms with Crippen LogP contribution in [0.4, 0.5) is 0 Å². The Morgan fingerprint density at radius 2 is 2.26 bits per heavy atom. The van der Waals surface area contributed by atoms with Gasteiger partial charge in [0.2, 0.25) is 0 Å². The van der Waals surface area contributed by atoms with Crippen molar-refractivity contribution in [1.29, 1.82) is 0 Å². The highest BCUT2D eigenvalue weighted by Gasteiger charge is 2.14. The van der Waals surface area contributed by atoms with Crippen molar-refractivity contribution in [2.75, 3.05) is 14.2 Å². The number of hydrogen-bond donors (Lipinski definition) is 1. The van der Waals surface area contributed by atoms with Gasteiger partial charge < -0.3 is 10.1 Å². The Bertz CT molecular complexity index is 524. The molecule has 102 valence electrons. The maximum atomic E-state index is 5.37. The third-order valence-corrected chi connectivity index (χ3v) is 3.24. The molecular formula is C14H20N4O. The zero-order chi connectivity index (χ0) is 13.7. The van der Waals surface area contributed by atoms with Crippen molar-refractivity contribution >= 4 is 0 Å². The van der Waals surface area contributed by atoms with Crippen molar-refractivity contribution in [3.05, 3.63) is 42.0 Å². The molecule has 0 aliphatic rings. The molecule has 5 nitrogen and oxygen atoms in total. The van der Waals surface area contributed by atoms with Gasteiger partial charge in [-0.05, 0) is 31.5 Å². The van der Waals surface area contributed by atoms with Crippen molar-refractivity contribution in [1.82, 2.24) is 20.1 Å². The van der Waals surface area contributed by atoms with Crippen LogP contribution in [0, 0.1) is 0 Å². The second-order valence-electron chi connectivity index (χ2n) is 4.52. The van der Waals surface area contributed by atoms with Crippen molar-refractivity contribution in [3.8, 4) is 5.75 Å². The van der Waals surface area contributed by atoms with Gasteiger partial charge in [0.25, 0.3) is 0 Å². The number of nitrogens with one attached hydrogen (secondary N) is 1. The number of rotatable bonds is 6. The van der Waals surface area contributed by atoms with E-state index in [1.165, 1.54) is 5.56 Å². The molecule has 5 heteroatoms. The molecule has 1 unspecified atom stereocenters. The Hall–Kier alpha value is -1.88. The Balaban J connectivity index is 2.07. The number of ether oxygens (including phenoxy) is 1. The van der Waals surface area contributed by atoms with E-state index in [2.05, 4.69) is 21.6 Å². The minimum Gasteiger partial charge on any atom is -0.495 e. The van der Waals surface area contributed by atoms with Gasteiger partial charge in [0.05, 0.1) is 19.5 Å². The lowest BCUT2D eigenvalue weighted by molar-refractivity contribution is 0.397. The summed E-state index contributed by atoms with van der Waals surface area (Å²) in [6.45, 7) is 0. The lowest BCUT2D eigenvalue weighted by atomic mass is 10.0. The fourth-order valence-corrected chi connectivity index (χ4v) is 2.22. The number of nitrogens with zero attached hydrogens (tertiary/aromatic N) is 3. The standard InChI is InChI=1S/C14H20N4O/c1-15-13(5-4-11-8-17-18(2)10-11)12-6-7-16-9-14(12)19-3/h6-10,13,15H,4-5H2,1-3H3. The first-order valence-corrected chi connectivity index (χ1v) is 6.37. The number of pyridine rings is 1. The largest absolute Gasteiger partial charge is 0.495 e. The van der Waals surface area contributed by atoms with E-state index in [0.29, 0.717) is 0 Å². The molecule has 0 spiro atoms. The van der Waals surface area contributed by atoms with Gasteiger partial charge in [0, 0.05) is 31.0 Å². The fraction of sp³-hybridized carbons (Fsp3) is 0.429. The van der Waals surface area contributed by atoms with E-state index in [1.807, 2.05) is 31.0 Å². The first kappa shape index (κ1) is 13.5. The van der Waals surface area contributed by atoms with Crippen molar-refractivity contribution in [3.63, 3.8) is 0 Å². The molecule has 1 atom stereocenters. The molecule has 0 saturated carbocycles. The van der Waals surface area contributed by atoms with Crippen LogP contribution in [0.15, 0.2) is 30.9 Å². The highest BCUT2D eigenvalue weighted by Crippen LogP contribution is 2.26. The quantitative estimate of drug-likeness (QED) is 0.859. The second kappa shape index (κ2) is 6.33. The summed E-state index contributed by atoms with van der Waals surface area (Å²) in [5.41, 5.74) is 2.39. The Kier molecular flexibility index (Phi) is 4.52. The van der Waals surface area contributed by atoms with E-state index in [-0.39, 0.29) is 6.04 Å². The second-order valence-corrected chi connectivity index (χ2v) is 4.52. The van der Waals surface area contributed by atoms with E-state index in [1.54, 1.807) is 19.5 Å². The number of aryl methyl sites for hydroxylation is 2. The maximum absolute atomic E-state index is 5.37. The highest BCUT2D eigenvalue weighted by atomic mass is 16.5. The van der Waals surface area contributed by atoms with Gasteiger partial charge in [0.1, 0.15) is 5.75 Å². The fourth-order valence-electron chi connectivity index (χ4n) is 2.22. The van der Waals surface area contributed by atoms with Crippen LogP contribution in [0.2, 0.25) is 0 Å². The molecule has 0 amide bonds. The van der Waals surface area contributed by atoms with Gasteiger partial charge in [0.15, 0.2) is 0 Å². The maximum Gasteiger partial charge on any atom is 0.141 e. The Morgan fingerprint density at radius 1 is 1.42 bits per heavy atom. The average Bonchev–Trinajstić information content (AvgIpc) is 2.86. The first-order valence-electron chi connectivity index (χ1n) is 6.37. The van der Waals surface area contributed by atoms with Gasteiger partial charge in [-0.2, -0.15) is 5.10 Å². The summed E-state index contributed by atoms with van der Waals surface area (Å²) in [4.78, 5) is 4.09. The molecule has 19 heavy (non-hydrogen) atoms. The Morgan fingerprint density at radius 3 is 2.89 bits per heavy atom. The summed E-state index contributed by atoms with van der Waals surface area (Å²) in [5, 5.41) is 7.52. The van der Waals surface area contributed by atoms with Crippen LogP contribution in [0.5, 0.6) is 5.75 Å². The van der Waals surface area contributed by atoms with Crippen molar-refractivity contribution < 1.29 is 4.74 Å². The molecule has 2 aromatic heterocycles. The van der Waals surface area contributed by atoms with Crippen LogP contribution < -0.4 is 10.1 Å². The smallest absolute Gasteiger partial charge is 0.141 e. The van der Waals surface area contributed by atoms with Gasteiger partial charge in [-0.15, -0.1) is 0 Å². The number of methoxy groups -OCH3 is 1. The first-order chi connectivity index (χ1) is 9.24. The van der Waals surface area contributed by atoms with Crippen LogP contribution in [0.25, 0.3) is 0 Å². The third-order valence-electron chi connectivity index (χ3n) is 3.24. The molecule has 0 aliphatic carbocycles. The molecule has 2 aromatic rings. The molecule has 0 saturated heterocycles. The zero-order valence-electron chi connectivity index (χ0n) is 11.6. The van der Waals surface area contributed by atoms with Gasteiger partial charge >= 0.3 is 0 Å². The van der Waals surface area contributed by atoms with Gasteiger partial charge in [-0.1, -0.05) is 0 Å². The Labute approximate surface area is 113 Å². The predicted molar refractivity (Wildman–Crippen MR) is 74.1 cm³/mol. The zero-order valence-corrected chi connectivity index (χ0v) is 11.6. The third kappa shape index (κ3) is 3.32. The monoisotopic (exact) mass is 260 g/mol. The molecule has 2 rings (SSSR count). The summed E-state index contributed by atoms with van der Waals surface area (Å²) in [6.07, 6.45) is 9.48. The van der Waals surface area contributed by atoms with Crippen LogP contribution in [-0.2, 0) is 13.5 Å². The number of aromatic nitrogens is 3. The molecule has 0 aromatic carbocycles. The van der Waals surface area contributed by atoms with Crippen molar-refractivity contribution in [2.24, 2.45) is 7.05 Å². The minimum absolute atomic E-state index is 0.248. The normalized spacial score (nSPS) is 12.4. The van der Waals surface area contributed by atoms with Gasteiger partial charge in [-0.3, -0.25) is 9.67 Å². The number of hydrogen-bond acceptors (Lipinski definition) is 4. The molecule has 0 bridgehead atoms. The summed E-state index contributed by atoms with van der Waals surface area (Å²) in [6, 6.07) is 2.25. The van der Waals surface area contributed by atoms with Crippen LogP contribution in [-0.4, -0.2) is 28.9 Å².